The van der Waals surface area contributed by atoms with Crippen LogP contribution in [0, 0.1) is 10.1 Å². The number of nitrogens with one attached hydrogen (secondary N) is 1. The summed E-state index contributed by atoms with van der Waals surface area (Å²) >= 11 is 0. The molecule has 1 amide bonds. The first kappa shape index (κ1) is 21.0. The highest BCUT2D eigenvalue weighted by atomic mass is 16.6. The van der Waals surface area contributed by atoms with Crippen molar-refractivity contribution in [2.45, 2.75) is 0 Å². The summed E-state index contributed by atoms with van der Waals surface area (Å²) in [7, 11) is 1.60. The third-order valence-corrected chi connectivity index (χ3v) is 5.18. The number of hydrogen-bond donors (Lipinski definition) is 1. The lowest BCUT2D eigenvalue weighted by atomic mass is 10.1. The predicted molar refractivity (Wildman–Crippen MR) is 125 cm³/mol. The van der Waals surface area contributed by atoms with E-state index in [1.54, 1.807) is 43.5 Å². The van der Waals surface area contributed by atoms with Gasteiger partial charge in [0.2, 0.25) is 5.89 Å². The van der Waals surface area contributed by atoms with Gasteiger partial charge in [-0.3, -0.25) is 14.9 Å². The number of rotatable bonds is 6. The number of oxazole rings is 1. The molecule has 0 saturated heterocycles. The van der Waals surface area contributed by atoms with E-state index >= 15 is 0 Å². The largest absolute Gasteiger partial charge is 0.497 e. The van der Waals surface area contributed by atoms with Crippen molar-refractivity contribution in [2.24, 2.45) is 0 Å². The molecular formula is C25H17N3O6. The molecule has 5 rings (SSSR count). The Morgan fingerprint density at radius 3 is 2.56 bits per heavy atom. The number of amides is 1. The molecule has 34 heavy (non-hydrogen) atoms. The Kier molecular flexibility index (Phi) is 5.27. The topological polar surface area (TPSA) is 121 Å². The van der Waals surface area contributed by atoms with Gasteiger partial charge in [0.1, 0.15) is 17.0 Å². The highest BCUT2D eigenvalue weighted by molar-refractivity contribution is 6.03. The number of anilines is 1. The number of methoxy groups -OCH3 is 1. The molecule has 0 aliphatic carbocycles. The fourth-order valence-corrected chi connectivity index (χ4v) is 3.50. The molecule has 2 heterocycles. The Hall–Kier alpha value is -4.92. The number of benzene rings is 3. The van der Waals surface area contributed by atoms with Gasteiger partial charge in [0.25, 0.3) is 11.6 Å². The molecule has 0 bridgehead atoms. The molecule has 3 aromatic carbocycles. The van der Waals surface area contributed by atoms with Crippen molar-refractivity contribution in [1.29, 1.82) is 0 Å². The van der Waals surface area contributed by atoms with E-state index in [1.165, 1.54) is 18.2 Å². The SMILES string of the molecule is COc1ccc(-c2nc3cc(NC(=O)c4ccc(-c5ccccc5[N+](=O)[O-])o4)ccc3o2)cc1. The summed E-state index contributed by atoms with van der Waals surface area (Å²) in [6, 6.07) is 21.6. The van der Waals surface area contributed by atoms with E-state index in [0.717, 1.165) is 11.3 Å². The van der Waals surface area contributed by atoms with E-state index in [4.69, 9.17) is 13.6 Å². The average molecular weight is 455 g/mol. The fourth-order valence-electron chi connectivity index (χ4n) is 3.50. The van der Waals surface area contributed by atoms with Crippen molar-refractivity contribution in [3.8, 4) is 28.5 Å². The van der Waals surface area contributed by atoms with Gasteiger partial charge >= 0.3 is 0 Å². The van der Waals surface area contributed by atoms with Crippen LogP contribution in [-0.4, -0.2) is 22.9 Å². The van der Waals surface area contributed by atoms with Crippen molar-refractivity contribution < 1.29 is 23.3 Å². The van der Waals surface area contributed by atoms with Gasteiger partial charge in [-0.2, -0.15) is 0 Å². The van der Waals surface area contributed by atoms with Crippen molar-refractivity contribution >= 4 is 28.4 Å². The minimum absolute atomic E-state index is 0.0207. The number of nitro groups is 1. The Morgan fingerprint density at radius 1 is 1.00 bits per heavy atom. The number of fused-ring (bicyclic) bond motifs is 1. The second-order valence-electron chi connectivity index (χ2n) is 7.32. The second kappa shape index (κ2) is 8.55. The zero-order chi connectivity index (χ0) is 23.7. The third kappa shape index (κ3) is 3.97. The molecule has 0 saturated carbocycles. The molecule has 9 nitrogen and oxygen atoms in total. The third-order valence-electron chi connectivity index (χ3n) is 5.18. The lowest BCUT2D eigenvalue weighted by Crippen LogP contribution is -2.10. The van der Waals surface area contributed by atoms with Crippen LogP contribution in [0.2, 0.25) is 0 Å². The van der Waals surface area contributed by atoms with Crippen molar-refractivity contribution in [3.63, 3.8) is 0 Å². The minimum Gasteiger partial charge on any atom is -0.497 e. The summed E-state index contributed by atoms with van der Waals surface area (Å²) in [5.41, 5.74) is 2.62. The van der Waals surface area contributed by atoms with Crippen LogP contribution in [0.5, 0.6) is 5.75 Å². The molecule has 0 atom stereocenters. The lowest BCUT2D eigenvalue weighted by Gasteiger charge is -2.03. The molecule has 2 aromatic heterocycles. The van der Waals surface area contributed by atoms with E-state index in [2.05, 4.69) is 10.3 Å². The quantitative estimate of drug-likeness (QED) is 0.249. The molecule has 9 heteroatoms. The van der Waals surface area contributed by atoms with Crippen molar-refractivity contribution in [1.82, 2.24) is 4.98 Å². The smallest absolute Gasteiger partial charge is 0.291 e. The molecule has 0 radical (unpaired) electrons. The summed E-state index contributed by atoms with van der Waals surface area (Å²) in [4.78, 5) is 28.0. The van der Waals surface area contributed by atoms with Gasteiger partial charge < -0.3 is 18.9 Å². The van der Waals surface area contributed by atoms with E-state index in [0.29, 0.717) is 28.2 Å². The molecule has 0 aliphatic heterocycles. The zero-order valence-electron chi connectivity index (χ0n) is 17.8. The molecule has 168 valence electrons. The van der Waals surface area contributed by atoms with E-state index in [9.17, 15) is 14.9 Å². The molecule has 5 aromatic rings. The number of para-hydroxylation sites is 1. The van der Waals surface area contributed by atoms with Gasteiger partial charge in [-0.05, 0) is 60.7 Å². The van der Waals surface area contributed by atoms with Gasteiger partial charge in [-0.1, -0.05) is 12.1 Å². The maximum Gasteiger partial charge on any atom is 0.291 e. The summed E-state index contributed by atoms with van der Waals surface area (Å²) in [6.07, 6.45) is 0. The van der Waals surface area contributed by atoms with Gasteiger partial charge in [-0.25, -0.2) is 4.98 Å². The first-order chi connectivity index (χ1) is 16.5. The second-order valence-corrected chi connectivity index (χ2v) is 7.32. The van der Waals surface area contributed by atoms with E-state index in [-0.39, 0.29) is 17.2 Å². The summed E-state index contributed by atoms with van der Waals surface area (Å²) in [5.74, 6) is 0.929. The number of nitrogens with zero attached hydrogens (tertiary/aromatic N) is 2. The van der Waals surface area contributed by atoms with Crippen LogP contribution < -0.4 is 10.1 Å². The predicted octanol–water partition coefficient (Wildman–Crippen LogP) is 5.92. The summed E-state index contributed by atoms with van der Waals surface area (Å²) in [6.45, 7) is 0. The van der Waals surface area contributed by atoms with E-state index in [1.807, 2.05) is 24.3 Å². The number of ether oxygens (including phenoxy) is 1. The molecule has 0 fully saturated rings. The van der Waals surface area contributed by atoms with E-state index < -0.39 is 10.8 Å². The zero-order valence-corrected chi connectivity index (χ0v) is 17.8. The van der Waals surface area contributed by atoms with Crippen LogP contribution in [0.25, 0.3) is 33.9 Å². The number of aromatic nitrogens is 1. The van der Waals surface area contributed by atoms with Crippen LogP contribution in [0.15, 0.2) is 87.7 Å². The van der Waals surface area contributed by atoms with Gasteiger partial charge in [0.05, 0.1) is 17.6 Å². The molecule has 0 spiro atoms. The Bertz CT molecular complexity index is 1520. The van der Waals surface area contributed by atoms with Crippen LogP contribution >= 0.6 is 0 Å². The fraction of sp³-hybridized carbons (Fsp3) is 0.0400. The van der Waals surface area contributed by atoms with Crippen molar-refractivity contribution in [3.05, 3.63) is 94.7 Å². The first-order valence-corrected chi connectivity index (χ1v) is 10.2. The van der Waals surface area contributed by atoms with Gasteiger partial charge in [0.15, 0.2) is 11.3 Å². The van der Waals surface area contributed by atoms with Crippen LogP contribution in [-0.2, 0) is 0 Å². The monoisotopic (exact) mass is 455 g/mol. The summed E-state index contributed by atoms with van der Waals surface area (Å²) < 4.78 is 16.6. The number of furan rings is 1. The molecule has 0 aliphatic rings. The van der Waals surface area contributed by atoms with Crippen LogP contribution in [0.1, 0.15) is 10.6 Å². The van der Waals surface area contributed by atoms with Crippen LogP contribution in [0.4, 0.5) is 11.4 Å². The average Bonchev–Trinajstić information content (AvgIpc) is 3.51. The number of hydrogen-bond acceptors (Lipinski definition) is 7. The van der Waals surface area contributed by atoms with Gasteiger partial charge in [0, 0.05) is 17.3 Å². The Labute approximate surface area is 192 Å². The number of carbonyl (C=O) groups is 1. The maximum atomic E-state index is 12.7. The number of carbonyl (C=O) groups excluding carboxylic acids is 1. The lowest BCUT2D eigenvalue weighted by molar-refractivity contribution is -0.384. The normalized spacial score (nSPS) is 10.9. The number of nitro benzene ring substituents is 1. The molecule has 0 unspecified atom stereocenters. The maximum absolute atomic E-state index is 12.7. The highest BCUT2D eigenvalue weighted by Crippen LogP contribution is 2.31. The highest BCUT2D eigenvalue weighted by Gasteiger charge is 2.19. The van der Waals surface area contributed by atoms with Crippen molar-refractivity contribution in [2.75, 3.05) is 12.4 Å². The Morgan fingerprint density at radius 2 is 1.79 bits per heavy atom. The standard InChI is InChI=1S/C25H17N3O6/c1-32-17-9-6-15(7-10-17)25-27-19-14-16(8-11-22(19)34-25)26-24(29)23-13-12-21(33-23)18-4-2-3-5-20(18)28(30)31/h2-14H,1H3,(H,26,29). The van der Waals surface area contributed by atoms with Crippen LogP contribution in [0.3, 0.4) is 0 Å². The van der Waals surface area contributed by atoms with Gasteiger partial charge in [-0.15, -0.1) is 0 Å². The summed E-state index contributed by atoms with van der Waals surface area (Å²) in [5, 5.41) is 14.0. The Balaban J connectivity index is 1.36. The first-order valence-electron chi connectivity index (χ1n) is 10.2. The molecule has 1 N–H and O–H groups in total. The molecular weight excluding hydrogens is 438 g/mol. The minimum atomic E-state index is -0.497.